The standard InChI is InChI=1S/C11H8F2N2OS2/c1-6-14-15-11(18-6)17-5-10(16)7-2-3-8(12)9(13)4-7/h2-4H,5H2,1H3. The summed E-state index contributed by atoms with van der Waals surface area (Å²) in [7, 11) is 0. The van der Waals surface area contributed by atoms with E-state index < -0.39 is 11.6 Å². The number of rotatable bonds is 4. The minimum absolute atomic E-state index is 0.125. The number of carbonyl (C=O) groups excluding carboxylic acids is 1. The summed E-state index contributed by atoms with van der Waals surface area (Å²) in [6, 6.07) is 3.12. The lowest BCUT2D eigenvalue weighted by Crippen LogP contribution is -2.03. The van der Waals surface area contributed by atoms with Gasteiger partial charge in [-0.3, -0.25) is 4.79 Å². The average molecular weight is 286 g/mol. The van der Waals surface area contributed by atoms with Crippen LogP contribution >= 0.6 is 23.1 Å². The summed E-state index contributed by atoms with van der Waals surface area (Å²) in [5, 5.41) is 8.50. The fraction of sp³-hybridized carbons (Fsp3) is 0.182. The van der Waals surface area contributed by atoms with Crippen LogP contribution < -0.4 is 0 Å². The normalized spacial score (nSPS) is 10.6. The molecule has 18 heavy (non-hydrogen) atoms. The molecule has 0 unspecified atom stereocenters. The number of ketones is 1. The van der Waals surface area contributed by atoms with Crippen LogP contribution in [0.5, 0.6) is 0 Å². The minimum atomic E-state index is -1.02. The van der Waals surface area contributed by atoms with Crippen LogP contribution in [0.1, 0.15) is 15.4 Å². The molecule has 2 aromatic rings. The molecule has 0 saturated heterocycles. The lowest BCUT2D eigenvalue weighted by Gasteiger charge is -2.00. The molecule has 0 aliphatic rings. The Hall–Kier alpha value is -1.34. The van der Waals surface area contributed by atoms with Crippen LogP contribution in [0.2, 0.25) is 0 Å². The van der Waals surface area contributed by atoms with Crippen LogP contribution in [0.3, 0.4) is 0 Å². The van der Waals surface area contributed by atoms with E-state index in [4.69, 9.17) is 0 Å². The lowest BCUT2D eigenvalue weighted by atomic mass is 10.1. The second-order valence-electron chi connectivity index (χ2n) is 3.43. The van der Waals surface area contributed by atoms with Crippen LogP contribution in [-0.4, -0.2) is 21.7 Å². The van der Waals surface area contributed by atoms with Crippen molar-refractivity contribution in [1.29, 1.82) is 0 Å². The van der Waals surface area contributed by atoms with E-state index in [2.05, 4.69) is 10.2 Å². The highest BCUT2D eigenvalue weighted by molar-refractivity contribution is 8.01. The van der Waals surface area contributed by atoms with Crippen molar-refractivity contribution < 1.29 is 13.6 Å². The summed E-state index contributed by atoms with van der Waals surface area (Å²) in [5.74, 6) is -2.12. The summed E-state index contributed by atoms with van der Waals surface area (Å²) in [6.45, 7) is 1.82. The molecule has 1 aromatic heterocycles. The Morgan fingerprint density at radius 3 is 2.72 bits per heavy atom. The third-order valence-corrected chi connectivity index (χ3v) is 4.05. The van der Waals surface area contributed by atoms with Gasteiger partial charge in [-0.2, -0.15) is 0 Å². The first-order valence-electron chi connectivity index (χ1n) is 4.97. The van der Waals surface area contributed by atoms with E-state index in [1.165, 1.54) is 29.2 Å². The minimum Gasteiger partial charge on any atom is -0.293 e. The molecule has 0 aliphatic carbocycles. The molecule has 0 bridgehead atoms. The zero-order valence-corrected chi connectivity index (χ0v) is 10.9. The van der Waals surface area contributed by atoms with Crippen molar-refractivity contribution >= 4 is 28.9 Å². The highest BCUT2D eigenvalue weighted by Crippen LogP contribution is 2.23. The highest BCUT2D eigenvalue weighted by atomic mass is 32.2. The number of hydrogen-bond acceptors (Lipinski definition) is 5. The zero-order valence-electron chi connectivity index (χ0n) is 9.31. The Morgan fingerprint density at radius 2 is 2.11 bits per heavy atom. The van der Waals surface area contributed by atoms with E-state index >= 15 is 0 Å². The lowest BCUT2D eigenvalue weighted by molar-refractivity contribution is 0.102. The third-order valence-electron chi connectivity index (χ3n) is 2.08. The van der Waals surface area contributed by atoms with E-state index in [0.29, 0.717) is 4.34 Å². The van der Waals surface area contributed by atoms with E-state index in [1.807, 2.05) is 6.92 Å². The SMILES string of the molecule is Cc1nnc(SCC(=O)c2ccc(F)c(F)c2)s1. The largest absolute Gasteiger partial charge is 0.293 e. The van der Waals surface area contributed by atoms with Crippen molar-refractivity contribution in [3.8, 4) is 0 Å². The molecule has 0 amide bonds. The Kier molecular flexibility index (Phi) is 4.03. The molecule has 94 valence electrons. The number of Topliss-reactive ketones (excluding diaryl/α,β-unsaturated/α-hetero) is 1. The van der Waals surface area contributed by atoms with Gasteiger partial charge in [-0.05, 0) is 25.1 Å². The average Bonchev–Trinajstić information content (AvgIpc) is 2.75. The van der Waals surface area contributed by atoms with Gasteiger partial charge in [0.2, 0.25) is 0 Å². The molecule has 1 aromatic carbocycles. The van der Waals surface area contributed by atoms with E-state index in [1.54, 1.807) is 0 Å². The molecule has 0 radical (unpaired) electrons. The molecule has 0 atom stereocenters. The van der Waals surface area contributed by atoms with Crippen molar-refractivity contribution in [2.45, 2.75) is 11.3 Å². The number of thioether (sulfide) groups is 1. The summed E-state index contributed by atoms with van der Waals surface area (Å²) in [4.78, 5) is 11.7. The number of carbonyl (C=O) groups is 1. The van der Waals surface area contributed by atoms with Crippen LogP contribution in [0.15, 0.2) is 22.5 Å². The summed E-state index contributed by atoms with van der Waals surface area (Å²) in [6.07, 6.45) is 0. The fourth-order valence-corrected chi connectivity index (χ4v) is 2.93. The molecule has 0 spiro atoms. The van der Waals surface area contributed by atoms with Gasteiger partial charge >= 0.3 is 0 Å². The van der Waals surface area contributed by atoms with Gasteiger partial charge in [0.05, 0.1) is 5.75 Å². The quantitative estimate of drug-likeness (QED) is 0.640. The molecule has 0 saturated carbocycles. The Bertz CT molecular complexity index is 586. The molecule has 0 aliphatic heterocycles. The van der Waals surface area contributed by atoms with Gasteiger partial charge in [0, 0.05) is 5.56 Å². The van der Waals surface area contributed by atoms with Gasteiger partial charge in [-0.25, -0.2) is 8.78 Å². The van der Waals surface area contributed by atoms with Crippen molar-refractivity contribution in [2.75, 3.05) is 5.75 Å². The topological polar surface area (TPSA) is 42.9 Å². The number of halogens is 2. The smallest absolute Gasteiger partial charge is 0.174 e. The van der Waals surface area contributed by atoms with Crippen molar-refractivity contribution in [3.05, 3.63) is 40.4 Å². The second-order valence-corrected chi connectivity index (χ2v) is 5.83. The molecule has 3 nitrogen and oxygen atoms in total. The number of hydrogen-bond donors (Lipinski definition) is 0. The monoisotopic (exact) mass is 286 g/mol. The van der Waals surface area contributed by atoms with Gasteiger partial charge < -0.3 is 0 Å². The zero-order chi connectivity index (χ0) is 13.1. The molecule has 2 rings (SSSR count). The maximum Gasteiger partial charge on any atom is 0.174 e. The van der Waals surface area contributed by atoms with Crippen LogP contribution in [0, 0.1) is 18.6 Å². The number of nitrogens with zero attached hydrogens (tertiary/aromatic N) is 2. The van der Waals surface area contributed by atoms with E-state index in [9.17, 15) is 13.6 Å². The maximum absolute atomic E-state index is 13.0. The van der Waals surface area contributed by atoms with Gasteiger partial charge in [0.15, 0.2) is 21.8 Å². The Labute approximate surface area is 110 Å². The van der Waals surface area contributed by atoms with Gasteiger partial charge in [-0.1, -0.05) is 23.1 Å². The predicted molar refractivity (Wildman–Crippen MR) is 66.1 cm³/mol. The molecular weight excluding hydrogens is 278 g/mol. The van der Waals surface area contributed by atoms with Gasteiger partial charge in [0.25, 0.3) is 0 Å². The first-order valence-corrected chi connectivity index (χ1v) is 6.77. The van der Waals surface area contributed by atoms with Crippen molar-refractivity contribution in [1.82, 2.24) is 10.2 Å². The molecular formula is C11H8F2N2OS2. The summed E-state index contributed by atoms with van der Waals surface area (Å²) >= 11 is 2.62. The van der Waals surface area contributed by atoms with Crippen molar-refractivity contribution in [2.24, 2.45) is 0 Å². The van der Waals surface area contributed by atoms with Gasteiger partial charge in [-0.15, -0.1) is 10.2 Å². The Balaban J connectivity index is 2.01. The van der Waals surface area contributed by atoms with Crippen LogP contribution in [-0.2, 0) is 0 Å². The first kappa shape index (κ1) is 13.1. The maximum atomic E-state index is 13.0. The molecule has 0 fully saturated rings. The fourth-order valence-electron chi connectivity index (χ4n) is 1.22. The van der Waals surface area contributed by atoms with Crippen molar-refractivity contribution in [3.63, 3.8) is 0 Å². The summed E-state index contributed by atoms with van der Waals surface area (Å²) in [5.41, 5.74) is 0.155. The van der Waals surface area contributed by atoms with E-state index in [0.717, 1.165) is 17.1 Å². The summed E-state index contributed by atoms with van der Waals surface area (Å²) < 4.78 is 26.3. The van der Waals surface area contributed by atoms with Crippen LogP contribution in [0.25, 0.3) is 0 Å². The Morgan fingerprint density at radius 1 is 1.33 bits per heavy atom. The third kappa shape index (κ3) is 3.11. The van der Waals surface area contributed by atoms with E-state index in [-0.39, 0.29) is 17.1 Å². The number of aromatic nitrogens is 2. The van der Waals surface area contributed by atoms with Gasteiger partial charge in [0.1, 0.15) is 5.01 Å². The second kappa shape index (κ2) is 5.53. The highest BCUT2D eigenvalue weighted by Gasteiger charge is 2.11. The molecule has 1 heterocycles. The first-order chi connectivity index (χ1) is 8.56. The van der Waals surface area contributed by atoms with Crippen LogP contribution in [0.4, 0.5) is 8.78 Å². The number of benzene rings is 1. The number of aryl methyl sites for hydroxylation is 1. The predicted octanol–water partition coefficient (Wildman–Crippen LogP) is 3.10. The molecule has 7 heteroatoms. The molecule has 0 N–H and O–H groups in total.